The predicted octanol–water partition coefficient (Wildman–Crippen LogP) is 4.24. The maximum atomic E-state index is 3.61. The Morgan fingerprint density at radius 1 is 1.11 bits per heavy atom. The number of hydrogen-bond acceptors (Lipinski definition) is 2. The van der Waals surface area contributed by atoms with Gasteiger partial charge < -0.3 is 10.2 Å². The van der Waals surface area contributed by atoms with Crippen LogP contribution in [0.5, 0.6) is 0 Å². The van der Waals surface area contributed by atoms with Crippen LogP contribution in [0.3, 0.4) is 0 Å². The number of rotatable bonds is 2. The molecule has 3 heteroatoms. The van der Waals surface area contributed by atoms with Crippen LogP contribution in [0.1, 0.15) is 18.7 Å². The lowest BCUT2D eigenvalue weighted by atomic mass is 10.1. The molecule has 2 nitrogen and oxygen atoms in total. The fraction of sp³-hybridized carbons (Fsp3) is 0.200. The van der Waals surface area contributed by atoms with Crippen molar-refractivity contribution >= 4 is 34.0 Å². The Bertz CT molecular complexity index is 568. The van der Waals surface area contributed by atoms with Crippen LogP contribution in [0.25, 0.3) is 0 Å². The van der Waals surface area contributed by atoms with Crippen molar-refractivity contribution in [2.45, 2.75) is 13.1 Å². The minimum absolute atomic E-state index is 0.250. The van der Waals surface area contributed by atoms with E-state index < -0.39 is 0 Å². The first-order valence-electron chi connectivity index (χ1n) is 6.18. The van der Waals surface area contributed by atoms with Gasteiger partial charge in [-0.05, 0) is 47.7 Å². The van der Waals surface area contributed by atoms with Crippen LogP contribution >= 0.6 is 22.6 Å². The van der Waals surface area contributed by atoms with Gasteiger partial charge in [0.25, 0.3) is 0 Å². The summed E-state index contributed by atoms with van der Waals surface area (Å²) in [6.45, 7) is 3.20. The number of halogens is 1. The number of fused-ring (bicyclic) bond motifs is 1. The Labute approximate surface area is 121 Å². The summed E-state index contributed by atoms with van der Waals surface area (Å²) >= 11 is 2.41. The molecule has 2 aromatic carbocycles. The Morgan fingerprint density at radius 2 is 1.83 bits per heavy atom. The molecule has 2 aromatic rings. The molecule has 1 aliphatic rings. The van der Waals surface area contributed by atoms with Gasteiger partial charge >= 0.3 is 0 Å². The Hall–Kier alpha value is -1.23. The van der Waals surface area contributed by atoms with E-state index in [2.05, 4.69) is 88.3 Å². The molecule has 1 heterocycles. The average Bonchev–Trinajstić information content (AvgIpc) is 2.77. The van der Waals surface area contributed by atoms with Crippen molar-refractivity contribution in [2.75, 3.05) is 16.8 Å². The Morgan fingerprint density at radius 3 is 2.61 bits per heavy atom. The fourth-order valence-corrected chi connectivity index (χ4v) is 3.19. The van der Waals surface area contributed by atoms with Gasteiger partial charge in [0.05, 0.1) is 11.4 Å². The smallest absolute Gasteiger partial charge is 0.127 e. The zero-order valence-electron chi connectivity index (χ0n) is 10.2. The van der Waals surface area contributed by atoms with Crippen molar-refractivity contribution in [1.29, 1.82) is 0 Å². The molecular weight excluding hydrogens is 335 g/mol. The standard InChI is InChI=1S/C15H15IN2/c1-2-18-14-10-6-5-9-13(14)17-15(18)11-7-3-4-8-12(11)16/h3-10,15,17H,2H2,1H3. The second-order valence-corrected chi connectivity index (χ2v) is 5.53. The van der Waals surface area contributed by atoms with Gasteiger partial charge in [-0.1, -0.05) is 30.3 Å². The molecule has 0 bridgehead atoms. The largest absolute Gasteiger partial charge is 0.360 e. The number of nitrogens with zero attached hydrogens (tertiary/aromatic N) is 1. The molecule has 1 atom stereocenters. The maximum Gasteiger partial charge on any atom is 0.127 e. The second kappa shape index (κ2) is 4.80. The van der Waals surface area contributed by atoms with E-state index >= 15 is 0 Å². The highest BCUT2D eigenvalue weighted by atomic mass is 127. The lowest BCUT2D eigenvalue weighted by molar-refractivity contribution is 0.732. The molecule has 0 radical (unpaired) electrons. The summed E-state index contributed by atoms with van der Waals surface area (Å²) in [5, 5.41) is 3.61. The first kappa shape index (κ1) is 11.8. The highest BCUT2D eigenvalue weighted by Crippen LogP contribution is 2.41. The molecule has 0 saturated carbocycles. The first-order chi connectivity index (χ1) is 8.81. The number of nitrogens with one attached hydrogen (secondary N) is 1. The lowest BCUT2D eigenvalue weighted by Gasteiger charge is -2.26. The van der Waals surface area contributed by atoms with Crippen LogP contribution in [0.2, 0.25) is 0 Å². The third kappa shape index (κ3) is 1.86. The quantitative estimate of drug-likeness (QED) is 0.815. The monoisotopic (exact) mass is 350 g/mol. The molecule has 0 fully saturated rings. The molecule has 1 N–H and O–H groups in total. The van der Waals surface area contributed by atoms with Crippen LogP contribution in [-0.4, -0.2) is 6.54 Å². The SMILES string of the molecule is CCN1c2ccccc2NC1c1ccccc1I. The number of hydrogen-bond donors (Lipinski definition) is 1. The van der Waals surface area contributed by atoms with Gasteiger partial charge in [-0.3, -0.25) is 0 Å². The average molecular weight is 350 g/mol. The van der Waals surface area contributed by atoms with Gasteiger partial charge in [-0.25, -0.2) is 0 Å². The van der Waals surface area contributed by atoms with Gasteiger partial charge in [0.1, 0.15) is 6.17 Å². The highest BCUT2D eigenvalue weighted by Gasteiger charge is 2.29. The summed E-state index contributed by atoms with van der Waals surface area (Å²) < 4.78 is 1.30. The van der Waals surface area contributed by atoms with Crippen LogP contribution in [0.15, 0.2) is 48.5 Å². The molecule has 0 aliphatic carbocycles. The number of para-hydroxylation sites is 2. The predicted molar refractivity (Wildman–Crippen MR) is 85.0 cm³/mol. The fourth-order valence-electron chi connectivity index (χ4n) is 2.51. The van der Waals surface area contributed by atoms with Crippen LogP contribution in [-0.2, 0) is 0 Å². The van der Waals surface area contributed by atoms with E-state index in [4.69, 9.17) is 0 Å². The van der Waals surface area contributed by atoms with E-state index in [1.165, 1.54) is 20.5 Å². The summed E-state index contributed by atoms with van der Waals surface area (Å²) in [5.41, 5.74) is 3.87. The van der Waals surface area contributed by atoms with E-state index in [0.29, 0.717) is 0 Å². The molecule has 1 aliphatic heterocycles. The van der Waals surface area contributed by atoms with Crippen molar-refractivity contribution < 1.29 is 0 Å². The van der Waals surface area contributed by atoms with Crippen molar-refractivity contribution in [1.82, 2.24) is 0 Å². The highest BCUT2D eigenvalue weighted by molar-refractivity contribution is 14.1. The molecular formula is C15H15IN2. The zero-order valence-corrected chi connectivity index (χ0v) is 12.4. The van der Waals surface area contributed by atoms with Gasteiger partial charge in [0.15, 0.2) is 0 Å². The third-order valence-corrected chi connectivity index (χ3v) is 4.34. The van der Waals surface area contributed by atoms with E-state index in [-0.39, 0.29) is 6.17 Å². The second-order valence-electron chi connectivity index (χ2n) is 4.37. The topological polar surface area (TPSA) is 15.3 Å². The van der Waals surface area contributed by atoms with E-state index in [1.807, 2.05) is 0 Å². The van der Waals surface area contributed by atoms with E-state index in [9.17, 15) is 0 Å². The number of anilines is 2. The molecule has 92 valence electrons. The summed E-state index contributed by atoms with van der Waals surface area (Å²) in [7, 11) is 0. The number of benzene rings is 2. The van der Waals surface area contributed by atoms with Crippen molar-refractivity contribution in [2.24, 2.45) is 0 Å². The molecule has 1 unspecified atom stereocenters. The van der Waals surface area contributed by atoms with Gasteiger partial charge in [-0.15, -0.1) is 0 Å². The van der Waals surface area contributed by atoms with Gasteiger partial charge in [0, 0.05) is 15.7 Å². The molecule has 0 spiro atoms. The summed E-state index contributed by atoms with van der Waals surface area (Å²) in [6.07, 6.45) is 0.250. The van der Waals surface area contributed by atoms with E-state index in [1.54, 1.807) is 0 Å². The van der Waals surface area contributed by atoms with Gasteiger partial charge in [-0.2, -0.15) is 0 Å². The normalized spacial score (nSPS) is 17.4. The Balaban J connectivity index is 2.04. The molecule has 3 rings (SSSR count). The molecule has 0 aromatic heterocycles. The summed E-state index contributed by atoms with van der Waals surface area (Å²) in [5.74, 6) is 0. The maximum absolute atomic E-state index is 3.61. The van der Waals surface area contributed by atoms with Crippen LogP contribution < -0.4 is 10.2 Å². The third-order valence-electron chi connectivity index (χ3n) is 3.36. The van der Waals surface area contributed by atoms with Crippen molar-refractivity contribution in [3.63, 3.8) is 0 Å². The van der Waals surface area contributed by atoms with Crippen molar-refractivity contribution in [3.8, 4) is 0 Å². The van der Waals surface area contributed by atoms with Crippen LogP contribution in [0.4, 0.5) is 11.4 Å². The molecule has 18 heavy (non-hydrogen) atoms. The van der Waals surface area contributed by atoms with Crippen LogP contribution in [0, 0.1) is 3.57 Å². The summed E-state index contributed by atoms with van der Waals surface area (Å²) in [6, 6.07) is 17.1. The first-order valence-corrected chi connectivity index (χ1v) is 7.25. The molecule has 0 saturated heterocycles. The van der Waals surface area contributed by atoms with Gasteiger partial charge in [0.2, 0.25) is 0 Å². The minimum atomic E-state index is 0.250. The lowest BCUT2D eigenvalue weighted by Crippen LogP contribution is -2.28. The Kier molecular flexibility index (Phi) is 3.16. The minimum Gasteiger partial charge on any atom is -0.360 e. The van der Waals surface area contributed by atoms with Crippen molar-refractivity contribution in [3.05, 3.63) is 57.7 Å². The van der Waals surface area contributed by atoms with E-state index in [0.717, 1.165) is 6.54 Å². The molecule has 0 amide bonds. The zero-order chi connectivity index (χ0) is 12.5. The summed E-state index contributed by atoms with van der Waals surface area (Å²) in [4.78, 5) is 2.41.